The predicted octanol–water partition coefficient (Wildman–Crippen LogP) is 0.892. The fourth-order valence-electron chi connectivity index (χ4n) is 2.49. The van der Waals surface area contributed by atoms with Gasteiger partial charge >= 0.3 is 0 Å². The van der Waals surface area contributed by atoms with Gasteiger partial charge in [0.15, 0.2) is 0 Å². The van der Waals surface area contributed by atoms with Gasteiger partial charge in [0.1, 0.15) is 11.5 Å². The van der Waals surface area contributed by atoms with Gasteiger partial charge in [0.2, 0.25) is 0 Å². The van der Waals surface area contributed by atoms with Crippen LogP contribution in [-0.4, -0.2) is 44.4 Å². The standard InChI is InChI=1S/C13H22N2O3/c1-9-4-10(18-11(9)5-14)6-15-7-12(16-2)13(8-15)17-3/h4,12-13H,5-8,14H2,1-3H3. The van der Waals surface area contributed by atoms with Gasteiger partial charge in [-0.3, -0.25) is 4.90 Å². The van der Waals surface area contributed by atoms with Crippen LogP contribution in [0.15, 0.2) is 10.5 Å². The second-order valence-electron chi connectivity index (χ2n) is 4.77. The molecule has 1 aliphatic rings. The number of aryl methyl sites for hydroxylation is 1. The van der Waals surface area contributed by atoms with Gasteiger partial charge in [0.05, 0.1) is 25.3 Å². The van der Waals surface area contributed by atoms with Crippen molar-refractivity contribution >= 4 is 0 Å². The largest absolute Gasteiger partial charge is 0.463 e. The fourth-order valence-corrected chi connectivity index (χ4v) is 2.49. The zero-order valence-electron chi connectivity index (χ0n) is 11.3. The van der Waals surface area contributed by atoms with Crippen molar-refractivity contribution in [1.82, 2.24) is 4.90 Å². The molecule has 2 rings (SSSR count). The minimum absolute atomic E-state index is 0.139. The van der Waals surface area contributed by atoms with Crippen molar-refractivity contribution in [3.05, 3.63) is 23.2 Å². The van der Waals surface area contributed by atoms with E-state index < -0.39 is 0 Å². The fraction of sp³-hybridized carbons (Fsp3) is 0.692. The average Bonchev–Trinajstić information content (AvgIpc) is 2.92. The number of furan rings is 1. The van der Waals surface area contributed by atoms with Crippen LogP contribution in [0, 0.1) is 6.92 Å². The first-order valence-corrected chi connectivity index (χ1v) is 6.24. The molecule has 1 saturated heterocycles. The summed E-state index contributed by atoms with van der Waals surface area (Å²) in [5.41, 5.74) is 6.74. The first-order valence-electron chi connectivity index (χ1n) is 6.24. The van der Waals surface area contributed by atoms with E-state index in [0.717, 1.165) is 36.7 Å². The van der Waals surface area contributed by atoms with Crippen LogP contribution in [0.1, 0.15) is 17.1 Å². The maximum Gasteiger partial charge on any atom is 0.120 e. The summed E-state index contributed by atoms with van der Waals surface area (Å²) in [6.07, 6.45) is 0.278. The molecule has 1 aliphatic heterocycles. The molecule has 0 aromatic carbocycles. The summed E-state index contributed by atoms with van der Waals surface area (Å²) in [5, 5.41) is 0. The molecule has 5 heteroatoms. The van der Waals surface area contributed by atoms with Crippen LogP contribution in [0.4, 0.5) is 0 Å². The van der Waals surface area contributed by atoms with Gasteiger partial charge in [-0.15, -0.1) is 0 Å². The second-order valence-corrected chi connectivity index (χ2v) is 4.77. The summed E-state index contributed by atoms with van der Waals surface area (Å²) in [7, 11) is 3.45. The summed E-state index contributed by atoms with van der Waals surface area (Å²) in [4.78, 5) is 2.28. The number of nitrogens with zero attached hydrogens (tertiary/aromatic N) is 1. The zero-order chi connectivity index (χ0) is 13.1. The Bertz CT molecular complexity index is 380. The van der Waals surface area contributed by atoms with Crippen molar-refractivity contribution in [3.63, 3.8) is 0 Å². The molecule has 102 valence electrons. The lowest BCUT2D eigenvalue weighted by molar-refractivity contribution is -0.00461. The topological polar surface area (TPSA) is 60.9 Å². The van der Waals surface area contributed by atoms with E-state index in [4.69, 9.17) is 19.6 Å². The third-order valence-corrected chi connectivity index (χ3v) is 3.53. The molecular weight excluding hydrogens is 232 g/mol. The van der Waals surface area contributed by atoms with Crippen LogP contribution in [0.2, 0.25) is 0 Å². The maximum atomic E-state index is 5.71. The van der Waals surface area contributed by atoms with E-state index in [1.807, 2.05) is 6.92 Å². The Morgan fingerprint density at radius 2 is 1.94 bits per heavy atom. The molecule has 0 bridgehead atoms. The smallest absolute Gasteiger partial charge is 0.120 e. The van der Waals surface area contributed by atoms with Crippen LogP contribution in [0.5, 0.6) is 0 Å². The predicted molar refractivity (Wildman–Crippen MR) is 68.2 cm³/mol. The van der Waals surface area contributed by atoms with Gasteiger partial charge in [-0.2, -0.15) is 0 Å². The van der Waals surface area contributed by atoms with Crippen molar-refractivity contribution in [2.75, 3.05) is 27.3 Å². The quantitative estimate of drug-likeness (QED) is 0.845. The molecule has 18 heavy (non-hydrogen) atoms. The Labute approximate surface area is 108 Å². The summed E-state index contributed by atoms with van der Waals surface area (Å²) in [6, 6.07) is 2.06. The van der Waals surface area contributed by atoms with Crippen LogP contribution in [0.3, 0.4) is 0 Å². The van der Waals surface area contributed by atoms with Crippen LogP contribution >= 0.6 is 0 Å². The number of rotatable bonds is 5. The lowest BCUT2D eigenvalue weighted by Crippen LogP contribution is -2.27. The highest BCUT2D eigenvalue weighted by molar-refractivity contribution is 5.20. The van der Waals surface area contributed by atoms with E-state index in [-0.39, 0.29) is 12.2 Å². The Hall–Kier alpha value is -0.880. The SMILES string of the molecule is COC1CN(Cc2cc(C)c(CN)o2)CC1OC. The van der Waals surface area contributed by atoms with Crippen LogP contribution in [-0.2, 0) is 22.6 Å². The Kier molecular flexibility index (Phi) is 4.40. The molecule has 1 fully saturated rings. The molecule has 2 atom stereocenters. The van der Waals surface area contributed by atoms with E-state index in [1.54, 1.807) is 14.2 Å². The number of methoxy groups -OCH3 is 2. The number of hydrogen-bond donors (Lipinski definition) is 1. The molecule has 2 N–H and O–H groups in total. The summed E-state index contributed by atoms with van der Waals surface area (Å²) in [5.74, 6) is 1.83. The molecule has 2 heterocycles. The first kappa shape index (κ1) is 13.5. The molecule has 2 unspecified atom stereocenters. The van der Waals surface area contributed by atoms with E-state index in [0.29, 0.717) is 6.54 Å². The lowest BCUT2D eigenvalue weighted by Gasteiger charge is -2.13. The molecular formula is C13H22N2O3. The van der Waals surface area contributed by atoms with Crippen molar-refractivity contribution in [1.29, 1.82) is 0 Å². The third kappa shape index (κ3) is 2.75. The van der Waals surface area contributed by atoms with Crippen molar-refractivity contribution < 1.29 is 13.9 Å². The molecule has 0 spiro atoms. The third-order valence-electron chi connectivity index (χ3n) is 3.53. The Morgan fingerprint density at radius 1 is 1.33 bits per heavy atom. The summed E-state index contributed by atoms with van der Waals surface area (Å²) < 4.78 is 16.5. The summed E-state index contributed by atoms with van der Waals surface area (Å²) >= 11 is 0. The second kappa shape index (κ2) is 5.84. The number of ether oxygens (including phenoxy) is 2. The highest BCUT2D eigenvalue weighted by atomic mass is 16.5. The Balaban J connectivity index is 1.97. The highest BCUT2D eigenvalue weighted by Gasteiger charge is 2.33. The highest BCUT2D eigenvalue weighted by Crippen LogP contribution is 2.21. The number of hydrogen-bond acceptors (Lipinski definition) is 5. The molecule has 0 saturated carbocycles. The Morgan fingerprint density at radius 3 is 2.39 bits per heavy atom. The maximum absolute atomic E-state index is 5.71. The minimum Gasteiger partial charge on any atom is -0.463 e. The molecule has 5 nitrogen and oxygen atoms in total. The van der Waals surface area contributed by atoms with Gasteiger partial charge in [0.25, 0.3) is 0 Å². The summed E-state index contributed by atoms with van der Waals surface area (Å²) in [6.45, 7) is 4.99. The van der Waals surface area contributed by atoms with Crippen molar-refractivity contribution in [2.24, 2.45) is 5.73 Å². The van der Waals surface area contributed by atoms with Crippen LogP contribution < -0.4 is 5.73 Å². The minimum atomic E-state index is 0.139. The van der Waals surface area contributed by atoms with Gasteiger partial charge in [-0.1, -0.05) is 0 Å². The van der Waals surface area contributed by atoms with Gasteiger partial charge in [-0.05, 0) is 18.6 Å². The molecule has 0 amide bonds. The zero-order valence-corrected chi connectivity index (χ0v) is 11.3. The van der Waals surface area contributed by atoms with E-state index in [2.05, 4.69) is 11.0 Å². The molecule has 1 aromatic rings. The molecule has 0 aliphatic carbocycles. The van der Waals surface area contributed by atoms with Gasteiger partial charge < -0.3 is 19.6 Å². The monoisotopic (exact) mass is 254 g/mol. The van der Waals surface area contributed by atoms with Gasteiger partial charge in [0, 0.05) is 27.3 Å². The van der Waals surface area contributed by atoms with Crippen molar-refractivity contribution in [3.8, 4) is 0 Å². The molecule has 1 aromatic heterocycles. The van der Waals surface area contributed by atoms with Gasteiger partial charge in [-0.25, -0.2) is 0 Å². The van der Waals surface area contributed by atoms with E-state index in [1.165, 1.54) is 0 Å². The number of nitrogens with two attached hydrogens (primary N) is 1. The van der Waals surface area contributed by atoms with E-state index in [9.17, 15) is 0 Å². The van der Waals surface area contributed by atoms with E-state index >= 15 is 0 Å². The van der Waals surface area contributed by atoms with Crippen molar-refractivity contribution in [2.45, 2.75) is 32.2 Å². The lowest BCUT2D eigenvalue weighted by atomic mass is 10.2. The normalized spacial score (nSPS) is 24.9. The van der Waals surface area contributed by atoms with Crippen LogP contribution in [0.25, 0.3) is 0 Å². The average molecular weight is 254 g/mol. The number of likely N-dealkylation sites (tertiary alicyclic amines) is 1. The molecule has 0 radical (unpaired) electrons. The first-order chi connectivity index (χ1) is 8.67.